The highest BCUT2D eigenvalue weighted by atomic mass is 32.2. The van der Waals surface area contributed by atoms with Crippen LogP contribution < -0.4 is 5.32 Å². The first-order chi connectivity index (χ1) is 8.47. The number of halogens is 2. The Morgan fingerprint density at radius 3 is 2.67 bits per heavy atom. The smallest absolute Gasteiger partial charge is 0.161 e. The van der Waals surface area contributed by atoms with Crippen LogP contribution in [0.4, 0.5) is 14.5 Å². The minimum Gasteiger partial charge on any atom is -0.333 e. The number of amidine groups is 1. The van der Waals surface area contributed by atoms with Gasteiger partial charge in [-0.25, -0.2) is 8.78 Å². The maximum atomic E-state index is 13.7. The summed E-state index contributed by atoms with van der Waals surface area (Å²) >= 11 is 1.54. The van der Waals surface area contributed by atoms with Gasteiger partial charge in [0.2, 0.25) is 0 Å². The Bertz CT molecular complexity index is 488. The van der Waals surface area contributed by atoms with Crippen molar-refractivity contribution in [2.75, 3.05) is 11.1 Å². The van der Waals surface area contributed by atoms with E-state index in [2.05, 4.69) is 17.2 Å². The van der Waals surface area contributed by atoms with Gasteiger partial charge in [0.1, 0.15) is 11.6 Å². The molecule has 5 heteroatoms. The molecule has 2 unspecified atom stereocenters. The van der Waals surface area contributed by atoms with Crippen molar-refractivity contribution < 1.29 is 8.78 Å². The number of hydrogen-bond donors (Lipinski definition) is 1. The van der Waals surface area contributed by atoms with Gasteiger partial charge in [0, 0.05) is 11.8 Å². The van der Waals surface area contributed by atoms with E-state index in [0.29, 0.717) is 16.6 Å². The minimum atomic E-state index is -0.455. The van der Waals surface area contributed by atoms with Crippen LogP contribution in [0.3, 0.4) is 0 Å². The van der Waals surface area contributed by atoms with Crippen molar-refractivity contribution in [2.24, 2.45) is 10.9 Å². The third-order valence-electron chi connectivity index (χ3n) is 3.12. The lowest BCUT2D eigenvalue weighted by Crippen LogP contribution is -2.25. The number of anilines is 1. The topological polar surface area (TPSA) is 24.4 Å². The maximum Gasteiger partial charge on any atom is 0.161 e. The summed E-state index contributed by atoms with van der Waals surface area (Å²) in [6.07, 6.45) is 0. The number of rotatable bonds is 1. The molecule has 1 aliphatic heterocycles. The van der Waals surface area contributed by atoms with Gasteiger partial charge >= 0.3 is 0 Å². The van der Waals surface area contributed by atoms with Crippen LogP contribution in [-0.2, 0) is 0 Å². The van der Waals surface area contributed by atoms with Crippen molar-refractivity contribution in [3.8, 4) is 0 Å². The second kappa shape index (κ2) is 5.26. The molecule has 2 rings (SSSR count). The lowest BCUT2D eigenvalue weighted by atomic mass is 10.1. The Hall–Kier alpha value is -1.10. The summed E-state index contributed by atoms with van der Waals surface area (Å²) < 4.78 is 27.1. The van der Waals surface area contributed by atoms with Crippen LogP contribution >= 0.6 is 11.8 Å². The zero-order valence-corrected chi connectivity index (χ0v) is 11.4. The van der Waals surface area contributed by atoms with Gasteiger partial charge in [-0.3, -0.25) is 4.99 Å². The quantitative estimate of drug-likeness (QED) is 0.839. The zero-order valence-electron chi connectivity index (χ0n) is 10.6. The second-order valence-corrected chi connectivity index (χ2v) is 5.68. The zero-order chi connectivity index (χ0) is 13.3. The fraction of sp³-hybridized carbons (Fsp3) is 0.462. The number of nitrogens with zero attached hydrogens (tertiary/aromatic N) is 1. The number of benzene rings is 1. The van der Waals surface area contributed by atoms with Crippen molar-refractivity contribution in [1.29, 1.82) is 0 Å². The summed E-state index contributed by atoms with van der Waals surface area (Å²) in [5.74, 6) is 0.563. The maximum absolute atomic E-state index is 13.7. The SMILES string of the molecule is Cc1cc(F)c(NC2=NC(C)C(C)CS2)cc1F. The molecule has 1 aliphatic rings. The van der Waals surface area contributed by atoms with Gasteiger partial charge < -0.3 is 5.32 Å². The van der Waals surface area contributed by atoms with Crippen molar-refractivity contribution in [2.45, 2.75) is 26.8 Å². The molecule has 98 valence electrons. The monoisotopic (exact) mass is 270 g/mol. The van der Waals surface area contributed by atoms with E-state index < -0.39 is 11.6 Å². The summed E-state index contributed by atoms with van der Waals surface area (Å²) in [7, 11) is 0. The van der Waals surface area contributed by atoms with Crippen LogP contribution in [0.15, 0.2) is 17.1 Å². The Morgan fingerprint density at radius 1 is 1.28 bits per heavy atom. The molecule has 18 heavy (non-hydrogen) atoms. The van der Waals surface area contributed by atoms with E-state index in [0.717, 1.165) is 5.75 Å². The van der Waals surface area contributed by atoms with E-state index in [1.165, 1.54) is 23.9 Å². The molecule has 2 atom stereocenters. The van der Waals surface area contributed by atoms with Crippen LogP contribution in [-0.4, -0.2) is 17.0 Å². The van der Waals surface area contributed by atoms with E-state index in [4.69, 9.17) is 0 Å². The molecular formula is C13H16F2N2S. The molecule has 0 saturated carbocycles. The molecule has 2 nitrogen and oxygen atoms in total. The van der Waals surface area contributed by atoms with Gasteiger partial charge in [-0.15, -0.1) is 0 Å². The van der Waals surface area contributed by atoms with Crippen LogP contribution in [0.1, 0.15) is 19.4 Å². The molecule has 0 amide bonds. The molecule has 0 aromatic heterocycles. The van der Waals surface area contributed by atoms with Gasteiger partial charge in [0.15, 0.2) is 5.17 Å². The fourth-order valence-electron chi connectivity index (χ4n) is 1.62. The summed E-state index contributed by atoms with van der Waals surface area (Å²) in [4.78, 5) is 4.43. The van der Waals surface area contributed by atoms with Gasteiger partial charge in [-0.1, -0.05) is 18.7 Å². The third kappa shape index (κ3) is 2.83. The first kappa shape index (κ1) is 13.3. The molecule has 0 radical (unpaired) electrons. The van der Waals surface area contributed by atoms with E-state index in [1.54, 1.807) is 6.92 Å². The first-order valence-electron chi connectivity index (χ1n) is 5.90. The van der Waals surface area contributed by atoms with Gasteiger partial charge in [0.05, 0.1) is 11.7 Å². The van der Waals surface area contributed by atoms with Crippen LogP contribution in [0.25, 0.3) is 0 Å². The summed E-state index contributed by atoms with van der Waals surface area (Å²) in [6.45, 7) is 5.70. The van der Waals surface area contributed by atoms with Crippen LogP contribution in [0.2, 0.25) is 0 Å². The predicted octanol–water partition coefficient (Wildman–Crippen LogP) is 3.81. The number of thioether (sulfide) groups is 1. The molecule has 0 spiro atoms. The molecule has 1 aromatic rings. The highest BCUT2D eigenvalue weighted by molar-refractivity contribution is 8.14. The van der Waals surface area contributed by atoms with Crippen LogP contribution in [0.5, 0.6) is 0 Å². The molecule has 0 aliphatic carbocycles. The van der Waals surface area contributed by atoms with E-state index in [9.17, 15) is 8.78 Å². The molecule has 0 saturated heterocycles. The molecule has 0 bridgehead atoms. The van der Waals surface area contributed by atoms with E-state index in [1.807, 2.05) is 6.92 Å². The fourth-order valence-corrected chi connectivity index (χ4v) is 2.75. The second-order valence-electron chi connectivity index (χ2n) is 4.67. The van der Waals surface area contributed by atoms with Gasteiger partial charge in [0.25, 0.3) is 0 Å². The number of aliphatic imine (C=N–C) groups is 1. The Balaban J connectivity index is 2.20. The van der Waals surface area contributed by atoms with E-state index in [-0.39, 0.29) is 11.7 Å². The standard InChI is InChI=1S/C13H16F2N2S/c1-7-4-11(15)12(5-10(7)14)17-13-16-9(3)8(2)6-18-13/h4-5,8-9H,6H2,1-3H3,(H,16,17). The van der Waals surface area contributed by atoms with E-state index >= 15 is 0 Å². The normalized spacial score (nSPS) is 23.7. The van der Waals surface area contributed by atoms with Crippen LogP contribution in [0, 0.1) is 24.5 Å². The highest BCUT2D eigenvalue weighted by Gasteiger charge is 2.20. The lowest BCUT2D eigenvalue weighted by Gasteiger charge is -2.23. The molecule has 1 N–H and O–H groups in total. The van der Waals surface area contributed by atoms with Crippen molar-refractivity contribution >= 4 is 22.6 Å². The Kier molecular flexibility index (Phi) is 3.90. The molecule has 1 aromatic carbocycles. The van der Waals surface area contributed by atoms with Crippen molar-refractivity contribution in [3.63, 3.8) is 0 Å². The minimum absolute atomic E-state index is 0.145. The average Bonchev–Trinajstić information content (AvgIpc) is 2.31. The van der Waals surface area contributed by atoms with Gasteiger partial charge in [-0.05, 0) is 31.4 Å². The Morgan fingerprint density at radius 2 is 2.00 bits per heavy atom. The first-order valence-corrected chi connectivity index (χ1v) is 6.89. The number of aryl methyl sites for hydroxylation is 1. The number of nitrogens with one attached hydrogen (secondary N) is 1. The van der Waals surface area contributed by atoms with Gasteiger partial charge in [-0.2, -0.15) is 0 Å². The summed E-state index contributed by atoms with van der Waals surface area (Å²) in [6, 6.07) is 2.57. The largest absolute Gasteiger partial charge is 0.333 e. The lowest BCUT2D eigenvalue weighted by molar-refractivity contribution is 0.537. The van der Waals surface area contributed by atoms with Crippen molar-refractivity contribution in [1.82, 2.24) is 0 Å². The Labute approximate surface area is 110 Å². The molecule has 1 heterocycles. The average molecular weight is 270 g/mol. The summed E-state index contributed by atoms with van der Waals surface area (Å²) in [5.41, 5.74) is 0.448. The molecular weight excluding hydrogens is 254 g/mol. The predicted molar refractivity (Wildman–Crippen MR) is 73.2 cm³/mol. The summed E-state index contributed by atoms with van der Waals surface area (Å²) in [5, 5.41) is 3.52. The third-order valence-corrected chi connectivity index (χ3v) is 4.29. The molecule has 0 fully saturated rings. The number of hydrogen-bond acceptors (Lipinski definition) is 3. The van der Waals surface area contributed by atoms with Crippen molar-refractivity contribution in [3.05, 3.63) is 29.3 Å². The highest BCUT2D eigenvalue weighted by Crippen LogP contribution is 2.25.